The summed E-state index contributed by atoms with van der Waals surface area (Å²) in [6.45, 7) is -1.15. The van der Waals surface area contributed by atoms with Crippen molar-refractivity contribution < 1.29 is 55.4 Å². The van der Waals surface area contributed by atoms with Gasteiger partial charge in [-0.3, -0.25) is 23.9 Å². The van der Waals surface area contributed by atoms with Crippen molar-refractivity contribution in [2.75, 3.05) is 19.7 Å². The van der Waals surface area contributed by atoms with Crippen molar-refractivity contribution in [1.29, 1.82) is 0 Å². The number of likely N-dealkylation sites (tertiary alicyclic amines) is 1. The monoisotopic (exact) mass is 517 g/mol. The largest absolute Gasteiger partial charge is 0.522 e. The third-order valence-corrected chi connectivity index (χ3v) is 6.76. The molecule has 3 amide bonds. The molecular formula is C20H25F6N3O6. The molecule has 2 unspecified atom stereocenters. The van der Waals surface area contributed by atoms with Crippen LogP contribution in [0.2, 0.25) is 0 Å². The number of carbonyl (C=O) groups excluding carboxylic acids is 4. The number of ketones is 1. The van der Waals surface area contributed by atoms with E-state index in [0.717, 1.165) is 0 Å². The molecule has 1 saturated carbocycles. The number of hydrogen-bond acceptors (Lipinski definition) is 6. The average Bonchev–Trinajstić information content (AvgIpc) is 3.19. The van der Waals surface area contributed by atoms with Crippen LogP contribution in [-0.4, -0.2) is 83.4 Å². The lowest BCUT2D eigenvalue weighted by Crippen LogP contribution is -2.60. The third kappa shape index (κ3) is 6.05. The lowest BCUT2D eigenvalue weighted by Gasteiger charge is -2.33. The number of ether oxygens (including phenoxy) is 1. The van der Waals surface area contributed by atoms with Crippen LogP contribution in [0.1, 0.15) is 39.0 Å². The Bertz CT molecular complexity index is 886. The summed E-state index contributed by atoms with van der Waals surface area (Å²) in [5.41, 5.74) is -4.38. The van der Waals surface area contributed by atoms with E-state index in [1.807, 2.05) is 0 Å². The fraction of sp³-hybridized carbons (Fsp3) is 0.800. The van der Waals surface area contributed by atoms with Crippen molar-refractivity contribution in [3.8, 4) is 0 Å². The van der Waals surface area contributed by atoms with Gasteiger partial charge in [0.2, 0.25) is 17.4 Å². The molecule has 2 aliphatic heterocycles. The summed E-state index contributed by atoms with van der Waals surface area (Å²) in [4.78, 5) is 50.6. The zero-order chi connectivity index (χ0) is 26.4. The van der Waals surface area contributed by atoms with Gasteiger partial charge in [0.05, 0.1) is 6.04 Å². The van der Waals surface area contributed by atoms with Gasteiger partial charge in [0.15, 0.2) is 5.78 Å². The summed E-state index contributed by atoms with van der Waals surface area (Å²) < 4.78 is 80.5. The summed E-state index contributed by atoms with van der Waals surface area (Å²) in [7, 11) is 0. The van der Waals surface area contributed by atoms with Crippen LogP contribution in [0.3, 0.4) is 0 Å². The van der Waals surface area contributed by atoms with Crippen molar-refractivity contribution in [3.05, 3.63) is 0 Å². The van der Waals surface area contributed by atoms with E-state index in [2.05, 4.69) is 15.4 Å². The van der Waals surface area contributed by atoms with Crippen molar-refractivity contribution >= 4 is 23.5 Å². The molecule has 35 heavy (non-hydrogen) atoms. The number of halogens is 6. The number of Topliss-reactive ketones (excluding diaryl/α,β-unsaturated/α-hetero) is 1. The Hall–Kier alpha value is -2.42. The zero-order valence-electron chi connectivity index (χ0n) is 18.6. The second-order valence-corrected chi connectivity index (χ2v) is 9.50. The predicted molar refractivity (Wildman–Crippen MR) is 103 cm³/mol. The minimum Gasteiger partial charge on any atom is -0.373 e. The van der Waals surface area contributed by atoms with Gasteiger partial charge in [-0.15, -0.1) is 13.2 Å². The zero-order valence-corrected chi connectivity index (χ0v) is 18.6. The molecule has 3 fully saturated rings. The van der Waals surface area contributed by atoms with Crippen LogP contribution in [0.25, 0.3) is 0 Å². The molecule has 0 aromatic heterocycles. The summed E-state index contributed by atoms with van der Waals surface area (Å²) in [6.07, 6.45) is -9.55. The fourth-order valence-electron chi connectivity index (χ4n) is 4.39. The summed E-state index contributed by atoms with van der Waals surface area (Å²) in [5.74, 6) is -5.27. The van der Waals surface area contributed by atoms with Crippen LogP contribution in [0.15, 0.2) is 0 Å². The van der Waals surface area contributed by atoms with Gasteiger partial charge in [-0.1, -0.05) is 0 Å². The van der Waals surface area contributed by atoms with Crippen LogP contribution in [0.4, 0.5) is 26.3 Å². The number of aliphatic hydroxyl groups is 1. The first kappa shape index (κ1) is 27.2. The summed E-state index contributed by atoms with van der Waals surface area (Å²) >= 11 is 0. The molecule has 2 saturated heterocycles. The number of amides is 3. The number of hydrogen-bond donors (Lipinski definition) is 3. The molecule has 0 aromatic rings. The molecule has 2 heterocycles. The lowest BCUT2D eigenvalue weighted by atomic mass is 9.95. The van der Waals surface area contributed by atoms with Gasteiger partial charge in [-0.05, 0) is 44.4 Å². The number of nitrogens with one attached hydrogen (secondary N) is 2. The highest BCUT2D eigenvalue weighted by molar-refractivity contribution is 5.96. The first-order chi connectivity index (χ1) is 16.0. The predicted octanol–water partition coefficient (Wildman–Crippen LogP) is 0.797. The van der Waals surface area contributed by atoms with Crippen LogP contribution in [0, 0.1) is 11.3 Å². The van der Waals surface area contributed by atoms with E-state index in [0.29, 0.717) is 17.7 Å². The van der Waals surface area contributed by atoms with Gasteiger partial charge >= 0.3 is 12.5 Å². The Morgan fingerprint density at radius 3 is 2.34 bits per heavy atom. The fourth-order valence-corrected chi connectivity index (χ4v) is 4.39. The maximum absolute atomic E-state index is 13.2. The standard InChI is InChI=1S/C20H25F6N3O6/c1-17(34,19(21,22)23)16(33)29-9-18(3-4-18)7-12(29)15(32)28-11(6-10-2-5-27-14(10)31)13(30)8-35-20(24,25)26/h10-12,34H,2-9H2,1H3,(H,27,31)(H,28,32)/t10-,11?,12-,17?/m0/s1. The van der Waals surface area contributed by atoms with Crippen LogP contribution in [0.5, 0.6) is 0 Å². The molecule has 9 nitrogen and oxygen atoms in total. The smallest absolute Gasteiger partial charge is 0.373 e. The SMILES string of the molecule is CC(O)(C(=O)N1CC2(CC2)C[C@H]1C(=O)NC(C[C@@H]1CCNC1=O)C(=O)COC(F)(F)F)C(F)(F)F. The normalized spacial score (nSPS) is 26.3. The molecule has 4 atom stereocenters. The van der Waals surface area contributed by atoms with E-state index in [1.54, 1.807) is 0 Å². The van der Waals surface area contributed by atoms with E-state index < -0.39 is 71.7 Å². The maximum Gasteiger partial charge on any atom is 0.522 e. The van der Waals surface area contributed by atoms with Crippen molar-refractivity contribution in [1.82, 2.24) is 15.5 Å². The molecule has 15 heteroatoms. The second kappa shape index (κ2) is 9.22. The molecule has 0 radical (unpaired) electrons. The van der Waals surface area contributed by atoms with Crippen LogP contribution < -0.4 is 10.6 Å². The number of carbonyl (C=O) groups is 4. The van der Waals surface area contributed by atoms with E-state index in [4.69, 9.17) is 0 Å². The molecule has 0 aromatic carbocycles. The Morgan fingerprint density at radius 1 is 1.23 bits per heavy atom. The van der Waals surface area contributed by atoms with Crippen LogP contribution in [-0.2, 0) is 23.9 Å². The quantitative estimate of drug-likeness (QED) is 0.409. The molecule has 3 aliphatic rings. The topological polar surface area (TPSA) is 125 Å². The highest BCUT2D eigenvalue weighted by Gasteiger charge is 2.62. The molecule has 1 aliphatic carbocycles. The van der Waals surface area contributed by atoms with E-state index in [1.165, 1.54) is 0 Å². The number of rotatable bonds is 8. The van der Waals surface area contributed by atoms with Crippen molar-refractivity contribution in [2.45, 2.75) is 69.3 Å². The Labute approximate surface area is 195 Å². The third-order valence-electron chi connectivity index (χ3n) is 6.76. The van der Waals surface area contributed by atoms with Gasteiger partial charge in [-0.25, -0.2) is 0 Å². The molecule has 1 spiro atoms. The minimum absolute atomic E-state index is 0.0393. The van der Waals surface area contributed by atoms with Crippen molar-refractivity contribution in [3.63, 3.8) is 0 Å². The minimum atomic E-state index is -5.33. The highest BCUT2D eigenvalue weighted by Crippen LogP contribution is 2.55. The molecule has 0 bridgehead atoms. The van der Waals surface area contributed by atoms with Gasteiger partial charge in [0, 0.05) is 19.0 Å². The van der Waals surface area contributed by atoms with Gasteiger partial charge in [0.1, 0.15) is 12.6 Å². The Balaban J connectivity index is 1.79. The van der Waals surface area contributed by atoms with Gasteiger partial charge < -0.3 is 20.6 Å². The van der Waals surface area contributed by atoms with Gasteiger partial charge in [-0.2, -0.15) is 13.2 Å². The lowest BCUT2D eigenvalue weighted by molar-refractivity contribution is -0.321. The summed E-state index contributed by atoms with van der Waals surface area (Å²) in [5, 5.41) is 14.5. The summed E-state index contributed by atoms with van der Waals surface area (Å²) in [6, 6.07) is -3.11. The van der Waals surface area contributed by atoms with Crippen LogP contribution >= 0.6 is 0 Å². The highest BCUT2D eigenvalue weighted by atomic mass is 19.4. The first-order valence-electron chi connectivity index (χ1n) is 10.9. The van der Waals surface area contributed by atoms with Gasteiger partial charge in [0.25, 0.3) is 5.91 Å². The van der Waals surface area contributed by atoms with E-state index >= 15 is 0 Å². The van der Waals surface area contributed by atoms with E-state index in [-0.39, 0.29) is 39.3 Å². The molecular weight excluding hydrogens is 492 g/mol. The second-order valence-electron chi connectivity index (χ2n) is 9.50. The maximum atomic E-state index is 13.2. The Morgan fingerprint density at radius 2 is 1.86 bits per heavy atom. The molecule has 198 valence electrons. The number of alkyl halides is 6. The van der Waals surface area contributed by atoms with Crippen molar-refractivity contribution in [2.24, 2.45) is 11.3 Å². The van der Waals surface area contributed by atoms with E-state index in [9.17, 15) is 50.6 Å². The molecule has 3 N–H and O–H groups in total. The molecule has 3 rings (SSSR count). The first-order valence-corrected chi connectivity index (χ1v) is 10.9. The number of nitrogens with zero attached hydrogens (tertiary/aromatic N) is 1. The Kier molecular flexibility index (Phi) is 7.16. The average molecular weight is 517 g/mol.